The van der Waals surface area contributed by atoms with Gasteiger partial charge >= 0.3 is 0 Å². The molecule has 96 valence electrons. The first-order valence-electron chi connectivity index (χ1n) is 5.98. The van der Waals surface area contributed by atoms with Gasteiger partial charge < -0.3 is 9.52 Å². The van der Waals surface area contributed by atoms with Crippen LogP contribution in [0.25, 0.3) is 0 Å². The zero-order chi connectivity index (χ0) is 13.3. The third kappa shape index (κ3) is 2.46. The fraction of sp³-hybridized carbons (Fsp3) is 0.333. The summed E-state index contributed by atoms with van der Waals surface area (Å²) < 4.78 is 18.3. The summed E-state index contributed by atoms with van der Waals surface area (Å²) >= 11 is 0. The van der Waals surface area contributed by atoms with E-state index < -0.39 is 6.10 Å². The molecule has 0 amide bonds. The number of hydrogen-bond acceptors (Lipinski definition) is 2. The summed E-state index contributed by atoms with van der Waals surface area (Å²) in [6.45, 7) is 5.68. The Balaban J connectivity index is 2.21. The molecule has 1 aromatic heterocycles. The van der Waals surface area contributed by atoms with Crippen LogP contribution in [0.5, 0.6) is 0 Å². The van der Waals surface area contributed by atoms with Gasteiger partial charge in [0.1, 0.15) is 17.3 Å². The molecule has 1 atom stereocenters. The van der Waals surface area contributed by atoms with Crippen LogP contribution in [0.3, 0.4) is 0 Å². The van der Waals surface area contributed by atoms with Gasteiger partial charge in [-0.2, -0.15) is 0 Å². The molecule has 1 N–H and O–H groups in total. The summed E-state index contributed by atoms with van der Waals surface area (Å²) in [5.41, 5.74) is 2.74. The van der Waals surface area contributed by atoms with E-state index in [1.165, 1.54) is 12.1 Å². The molecule has 1 heterocycles. The Morgan fingerprint density at radius 3 is 2.22 bits per heavy atom. The van der Waals surface area contributed by atoms with Crippen molar-refractivity contribution in [2.45, 2.75) is 33.3 Å². The van der Waals surface area contributed by atoms with E-state index in [0.29, 0.717) is 6.42 Å². The van der Waals surface area contributed by atoms with Crippen molar-refractivity contribution in [2.24, 2.45) is 0 Å². The van der Waals surface area contributed by atoms with Gasteiger partial charge in [0.25, 0.3) is 0 Å². The van der Waals surface area contributed by atoms with E-state index in [9.17, 15) is 9.50 Å². The van der Waals surface area contributed by atoms with Crippen LogP contribution in [-0.4, -0.2) is 5.11 Å². The molecule has 0 saturated carbocycles. The largest absolute Gasteiger partial charge is 0.466 e. The predicted octanol–water partition coefficient (Wildman–Crippen LogP) is 3.62. The maximum atomic E-state index is 12.8. The Labute approximate surface area is 106 Å². The van der Waals surface area contributed by atoms with Crippen molar-refractivity contribution in [3.05, 3.63) is 58.3 Å². The zero-order valence-electron chi connectivity index (χ0n) is 10.8. The lowest BCUT2D eigenvalue weighted by Crippen LogP contribution is -2.04. The van der Waals surface area contributed by atoms with Crippen LogP contribution >= 0.6 is 0 Å². The van der Waals surface area contributed by atoms with Crippen molar-refractivity contribution in [3.8, 4) is 0 Å². The Kier molecular flexibility index (Phi) is 3.53. The Hall–Kier alpha value is -1.61. The number of aliphatic hydroxyl groups is 1. The molecule has 0 bridgehead atoms. The van der Waals surface area contributed by atoms with Crippen molar-refractivity contribution in [1.29, 1.82) is 0 Å². The standard InChI is InChI=1S/C15H17FO2/c1-9-10(2)18-11(3)15(9)14(17)8-12-4-6-13(16)7-5-12/h4-7,14,17H,8H2,1-3H3. The second kappa shape index (κ2) is 4.94. The fourth-order valence-electron chi connectivity index (χ4n) is 2.25. The van der Waals surface area contributed by atoms with Gasteiger partial charge in [0.15, 0.2) is 0 Å². The Bertz CT molecular complexity index is 540. The van der Waals surface area contributed by atoms with Gasteiger partial charge in [0, 0.05) is 12.0 Å². The second-order valence-corrected chi connectivity index (χ2v) is 4.60. The van der Waals surface area contributed by atoms with Crippen LogP contribution in [-0.2, 0) is 6.42 Å². The number of benzene rings is 1. The van der Waals surface area contributed by atoms with Gasteiger partial charge in [-0.05, 0) is 44.0 Å². The molecule has 2 nitrogen and oxygen atoms in total. The monoisotopic (exact) mass is 248 g/mol. The molecule has 1 aromatic carbocycles. The molecule has 2 rings (SSSR count). The summed E-state index contributed by atoms with van der Waals surface area (Å²) in [6.07, 6.45) is -0.158. The maximum Gasteiger partial charge on any atom is 0.123 e. The molecule has 0 aliphatic rings. The average Bonchev–Trinajstić information content (AvgIpc) is 2.56. The number of aryl methyl sites for hydroxylation is 2. The minimum absolute atomic E-state index is 0.264. The highest BCUT2D eigenvalue weighted by atomic mass is 19.1. The van der Waals surface area contributed by atoms with Crippen LogP contribution in [0, 0.1) is 26.6 Å². The fourth-order valence-corrected chi connectivity index (χ4v) is 2.25. The summed E-state index contributed by atoms with van der Waals surface area (Å²) in [5.74, 6) is 1.32. The minimum Gasteiger partial charge on any atom is -0.466 e. The van der Waals surface area contributed by atoms with Crippen LogP contribution in [0.1, 0.15) is 34.3 Å². The third-order valence-electron chi connectivity index (χ3n) is 3.29. The van der Waals surface area contributed by atoms with E-state index in [-0.39, 0.29) is 5.82 Å². The molecule has 0 aliphatic heterocycles. The van der Waals surface area contributed by atoms with E-state index in [0.717, 1.165) is 28.2 Å². The summed E-state index contributed by atoms with van der Waals surface area (Å²) in [5, 5.41) is 10.3. The molecule has 0 aliphatic carbocycles. The van der Waals surface area contributed by atoms with Crippen LogP contribution in [0.15, 0.2) is 28.7 Å². The van der Waals surface area contributed by atoms with E-state index in [4.69, 9.17) is 4.42 Å². The van der Waals surface area contributed by atoms with E-state index in [2.05, 4.69) is 0 Å². The molecule has 1 unspecified atom stereocenters. The molecule has 0 fully saturated rings. The minimum atomic E-state index is -0.618. The van der Waals surface area contributed by atoms with Gasteiger partial charge in [-0.1, -0.05) is 12.1 Å². The van der Waals surface area contributed by atoms with Crippen LogP contribution < -0.4 is 0 Å². The highest BCUT2D eigenvalue weighted by Crippen LogP contribution is 2.29. The molecular formula is C15H17FO2. The van der Waals surface area contributed by atoms with Gasteiger partial charge in [-0.25, -0.2) is 4.39 Å². The molecule has 3 heteroatoms. The van der Waals surface area contributed by atoms with Gasteiger partial charge in [0.05, 0.1) is 6.10 Å². The highest BCUT2D eigenvalue weighted by Gasteiger charge is 2.19. The van der Waals surface area contributed by atoms with Crippen molar-refractivity contribution < 1.29 is 13.9 Å². The SMILES string of the molecule is Cc1oc(C)c(C(O)Cc2ccc(F)cc2)c1C. The first-order valence-corrected chi connectivity index (χ1v) is 5.98. The number of furan rings is 1. The number of aliphatic hydroxyl groups excluding tert-OH is 1. The summed E-state index contributed by atoms with van der Waals surface area (Å²) in [7, 11) is 0. The van der Waals surface area contributed by atoms with Crippen LogP contribution in [0.4, 0.5) is 4.39 Å². The predicted molar refractivity (Wildman–Crippen MR) is 68.0 cm³/mol. The van der Waals surface area contributed by atoms with Crippen molar-refractivity contribution in [2.75, 3.05) is 0 Å². The highest BCUT2D eigenvalue weighted by molar-refractivity contribution is 5.34. The van der Waals surface area contributed by atoms with Crippen LogP contribution in [0.2, 0.25) is 0 Å². The Morgan fingerprint density at radius 1 is 1.11 bits per heavy atom. The zero-order valence-corrected chi connectivity index (χ0v) is 10.8. The number of hydrogen-bond donors (Lipinski definition) is 1. The second-order valence-electron chi connectivity index (χ2n) is 4.60. The van der Waals surface area contributed by atoms with E-state index in [1.807, 2.05) is 20.8 Å². The van der Waals surface area contributed by atoms with Gasteiger partial charge in [0.2, 0.25) is 0 Å². The van der Waals surface area contributed by atoms with E-state index >= 15 is 0 Å². The summed E-state index contributed by atoms with van der Waals surface area (Å²) in [4.78, 5) is 0. The molecule has 0 spiro atoms. The lowest BCUT2D eigenvalue weighted by atomic mass is 9.98. The lowest BCUT2D eigenvalue weighted by Gasteiger charge is -2.11. The van der Waals surface area contributed by atoms with Crippen molar-refractivity contribution in [3.63, 3.8) is 0 Å². The Morgan fingerprint density at radius 2 is 1.72 bits per heavy atom. The van der Waals surface area contributed by atoms with E-state index in [1.54, 1.807) is 12.1 Å². The summed E-state index contributed by atoms with van der Waals surface area (Å²) in [6, 6.07) is 6.19. The topological polar surface area (TPSA) is 33.4 Å². The molecular weight excluding hydrogens is 231 g/mol. The first-order chi connectivity index (χ1) is 8.49. The molecule has 2 aromatic rings. The average molecular weight is 248 g/mol. The third-order valence-corrected chi connectivity index (χ3v) is 3.29. The van der Waals surface area contributed by atoms with Gasteiger partial charge in [-0.15, -0.1) is 0 Å². The molecule has 0 saturated heterocycles. The normalized spacial score (nSPS) is 12.7. The van der Waals surface area contributed by atoms with Crippen molar-refractivity contribution >= 4 is 0 Å². The van der Waals surface area contributed by atoms with Crippen molar-refractivity contribution in [1.82, 2.24) is 0 Å². The first kappa shape index (κ1) is 12.8. The molecule has 0 radical (unpaired) electrons. The quantitative estimate of drug-likeness (QED) is 0.900. The van der Waals surface area contributed by atoms with Gasteiger partial charge in [-0.3, -0.25) is 0 Å². The number of halogens is 1. The smallest absolute Gasteiger partial charge is 0.123 e. The maximum absolute atomic E-state index is 12.8. The number of rotatable bonds is 3. The lowest BCUT2D eigenvalue weighted by molar-refractivity contribution is 0.176. The molecule has 18 heavy (non-hydrogen) atoms.